The van der Waals surface area contributed by atoms with E-state index in [0.29, 0.717) is 16.9 Å². The van der Waals surface area contributed by atoms with Gasteiger partial charge < -0.3 is 10.1 Å². The minimum absolute atomic E-state index is 0. The van der Waals surface area contributed by atoms with Crippen LogP contribution in [0.5, 0.6) is 0 Å². The summed E-state index contributed by atoms with van der Waals surface area (Å²) in [6.07, 6.45) is 3.98. The highest BCUT2D eigenvalue weighted by atomic mass is 35.5. The lowest BCUT2D eigenvalue weighted by molar-refractivity contribution is -0.137. The number of hydrogen-bond donors (Lipinski definition) is 2. The van der Waals surface area contributed by atoms with Crippen LogP contribution in [0, 0.1) is 5.82 Å². The van der Waals surface area contributed by atoms with Gasteiger partial charge in [-0.15, -0.1) is 12.4 Å². The van der Waals surface area contributed by atoms with Crippen LogP contribution in [-0.4, -0.2) is 40.0 Å². The first-order valence-corrected chi connectivity index (χ1v) is 7.76. The van der Waals surface area contributed by atoms with Gasteiger partial charge in [-0.1, -0.05) is 0 Å². The van der Waals surface area contributed by atoms with Crippen molar-refractivity contribution in [2.24, 2.45) is 0 Å². The Bertz CT molecular complexity index is 1210. The number of pyridine rings is 1. The number of rotatable bonds is 4. The molecule has 0 saturated heterocycles. The van der Waals surface area contributed by atoms with Crippen LogP contribution in [0.15, 0.2) is 35.5 Å². The Hall–Kier alpha value is -3.27. The van der Waals surface area contributed by atoms with E-state index in [1.54, 1.807) is 6.92 Å². The van der Waals surface area contributed by atoms with Crippen molar-refractivity contribution in [3.8, 4) is 11.5 Å². The summed E-state index contributed by atoms with van der Waals surface area (Å²) in [6.45, 7) is 1.62. The quantitative estimate of drug-likeness (QED) is 0.548. The maximum absolute atomic E-state index is 13.6. The molecule has 9 nitrogen and oxygen atoms in total. The van der Waals surface area contributed by atoms with Crippen LogP contribution in [0.2, 0.25) is 0 Å². The second-order valence-corrected chi connectivity index (χ2v) is 5.90. The highest BCUT2D eigenvalue weighted by molar-refractivity contribution is 5.85. The molecule has 1 atom stereocenters. The van der Waals surface area contributed by atoms with Gasteiger partial charge in [0.25, 0.3) is 0 Å². The molecule has 0 saturated carbocycles. The van der Waals surface area contributed by atoms with E-state index in [1.807, 2.05) is 0 Å². The Morgan fingerprint density at radius 2 is 2.11 bits per heavy atom. The van der Waals surface area contributed by atoms with Crippen molar-refractivity contribution in [1.82, 2.24) is 28.9 Å². The summed E-state index contributed by atoms with van der Waals surface area (Å²) in [7, 11) is 0. The molecule has 0 bridgehead atoms. The standard InChI is InChI=1S/C16H13FN6O3.ClH/c1-8(4-13(24)25)23-15-10(20-16(23)26)5-19-14(21-15)11-6-18-12-3-2-9(17)7-22(11)12;/h2-3,5-8H,4H2,1H3,(H,20,26)(H,24,25);1H/t8-;/m1./s1. The molecule has 4 aromatic rings. The third kappa shape index (κ3) is 3.14. The number of H-pyrrole nitrogens is 1. The van der Waals surface area contributed by atoms with Crippen molar-refractivity contribution in [2.45, 2.75) is 19.4 Å². The molecule has 0 aliphatic heterocycles. The first-order chi connectivity index (χ1) is 12.4. The highest BCUT2D eigenvalue weighted by Gasteiger charge is 2.19. The molecule has 140 valence electrons. The Balaban J connectivity index is 0.00000210. The zero-order chi connectivity index (χ0) is 18.4. The van der Waals surface area contributed by atoms with E-state index < -0.39 is 23.5 Å². The molecule has 4 heterocycles. The smallest absolute Gasteiger partial charge is 0.327 e. The first kappa shape index (κ1) is 18.5. The monoisotopic (exact) mass is 392 g/mol. The van der Waals surface area contributed by atoms with Crippen LogP contribution in [0.25, 0.3) is 28.3 Å². The third-order valence-electron chi connectivity index (χ3n) is 4.07. The maximum atomic E-state index is 13.6. The van der Waals surface area contributed by atoms with Gasteiger partial charge in [0, 0.05) is 12.2 Å². The summed E-state index contributed by atoms with van der Waals surface area (Å²) in [5.74, 6) is -1.22. The number of nitrogens with zero attached hydrogens (tertiary/aromatic N) is 5. The largest absolute Gasteiger partial charge is 0.481 e. The van der Waals surface area contributed by atoms with Gasteiger partial charge in [0.05, 0.1) is 18.8 Å². The average molecular weight is 393 g/mol. The number of carboxylic acid groups (broad SMARTS) is 1. The van der Waals surface area contributed by atoms with Crippen molar-refractivity contribution in [3.63, 3.8) is 0 Å². The summed E-state index contributed by atoms with van der Waals surface area (Å²) < 4.78 is 16.3. The van der Waals surface area contributed by atoms with Crippen LogP contribution in [0.1, 0.15) is 19.4 Å². The molecule has 27 heavy (non-hydrogen) atoms. The van der Waals surface area contributed by atoms with Gasteiger partial charge in [0.1, 0.15) is 22.7 Å². The fourth-order valence-corrected chi connectivity index (χ4v) is 2.91. The number of carbonyl (C=O) groups is 1. The van der Waals surface area contributed by atoms with Gasteiger partial charge in [-0.05, 0) is 19.1 Å². The molecular weight excluding hydrogens is 379 g/mol. The molecule has 0 aliphatic carbocycles. The minimum Gasteiger partial charge on any atom is -0.481 e. The Labute approximate surface area is 156 Å². The second-order valence-electron chi connectivity index (χ2n) is 5.90. The summed E-state index contributed by atoms with van der Waals surface area (Å²) in [5, 5.41) is 8.99. The fourth-order valence-electron chi connectivity index (χ4n) is 2.91. The van der Waals surface area contributed by atoms with Gasteiger partial charge >= 0.3 is 11.7 Å². The van der Waals surface area contributed by atoms with Gasteiger partial charge in [-0.25, -0.2) is 24.1 Å². The number of aromatic amines is 1. The zero-order valence-corrected chi connectivity index (χ0v) is 14.8. The van der Waals surface area contributed by atoms with Crippen molar-refractivity contribution < 1.29 is 14.3 Å². The first-order valence-electron chi connectivity index (χ1n) is 7.76. The number of aromatic nitrogens is 6. The Morgan fingerprint density at radius 3 is 2.85 bits per heavy atom. The van der Waals surface area contributed by atoms with Crippen LogP contribution < -0.4 is 5.69 Å². The normalized spacial score (nSPS) is 12.2. The summed E-state index contributed by atoms with van der Waals surface area (Å²) in [4.78, 5) is 38.6. The summed E-state index contributed by atoms with van der Waals surface area (Å²) in [5.41, 5.74) is 1.17. The molecule has 0 aliphatic rings. The van der Waals surface area contributed by atoms with E-state index in [4.69, 9.17) is 5.11 Å². The maximum Gasteiger partial charge on any atom is 0.327 e. The van der Waals surface area contributed by atoms with E-state index >= 15 is 0 Å². The second kappa shape index (κ2) is 6.80. The van der Waals surface area contributed by atoms with Crippen molar-refractivity contribution >= 4 is 35.2 Å². The van der Waals surface area contributed by atoms with Crippen LogP contribution in [0.4, 0.5) is 4.39 Å². The number of imidazole rings is 2. The lowest BCUT2D eigenvalue weighted by Crippen LogP contribution is -2.22. The van der Waals surface area contributed by atoms with E-state index in [9.17, 15) is 14.0 Å². The topological polar surface area (TPSA) is 118 Å². The van der Waals surface area contributed by atoms with Crippen molar-refractivity contribution in [1.29, 1.82) is 0 Å². The average Bonchev–Trinajstić information content (AvgIpc) is 3.12. The molecule has 0 radical (unpaired) electrons. The molecule has 11 heteroatoms. The molecule has 0 aromatic carbocycles. The fraction of sp³-hybridized carbons (Fsp3) is 0.188. The Kier molecular flexibility index (Phi) is 4.66. The zero-order valence-electron chi connectivity index (χ0n) is 14.0. The third-order valence-corrected chi connectivity index (χ3v) is 4.07. The number of aliphatic carboxylic acids is 1. The SMILES string of the molecule is C[C@H](CC(=O)O)n1c(=O)[nH]c2cnc(-c3cnc4ccc(F)cn34)nc21.Cl. The van der Waals surface area contributed by atoms with Crippen LogP contribution in [-0.2, 0) is 4.79 Å². The van der Waals surface area contributed by atoms with Crippen molar-refractivity contribution in [2.75, 3.05) is 0 Å². The minimum atomic E-state index is -1.02. The van der Waals surface area contributed by atoms with E-state index in [0.717, 1.165) is 0 Å². The summed E-state index contributed by atoms with van der Waals surface area (Å²) in [6, 6.07) is 2.22. The van der Waals surface area contributed by atoms with Gasteiger partial charge in [0.15, 0.2) is 11.5 Å². The predicted octanol–water partition coefficient (Wildman–Crippen LogP) is 2.03. The van der Waals surface area contributed by atoms with Crippen LogP contribution >= 0.6 is 12.4 Å². The molecule has 0 fully saturated rings. The predicted molar refractivity (Wildman–Crippen MR) is 96.5 cm³/mol. The number of halogens is 2. The number of hydrogen-bond acceptors (Lipinski definition) is 5. The van der Waals surface area contributed by atoms with Crippen molar-refractivity contribution in [3.05, 3.63) is 47.0 Å². The number of fused-ring (bicyclic) bond motifs is 2. The molecule has 0 unspecified atom stereocenters. The molecule has 2 N–H and O–H groups in total. The van der Waals surface area contributed by atoms with Gasteiger partial charge in [0.2, 0.25) is 0 Å². The van der Waals surface area contributed by atoms with Crippen LogP contribution in [0.3, 0.4) is 0 Å². The molecule has 0 amide bonds. The molecule has 4 aromatic heterocycles. The lowest BCUT2D eigenvalue weighted by atomic mass is 10.2. The molecule has 0 spiro atoms. The van der Waals surface area contributed by atoms with Gasteiger partial charge in [-0.2, -0.15) is 0 Å². The highest BCUT2D eigenvalue weighted by Crippen LogP contribution is 2.21. The lowest BCUT2D eigenvalue weighted by Gasteiger charge is -2.10. The van der Waals surface area contributed by atoms with E-state index in [2.05, 4.69) is 19.9 Å². The number of carboxylic acids is 1. The summed E-state index contributed by atoms with van der Waals surface area (Å²) >= 11 is 0. The van der Waals surface area contributed by atoms with E-state index in [1.165, 1.54) is 39.7 Å². The van der Waals surface area contributed by atoms with Gasteiger partial charge in [-0.3, -0.25) is 13.8 Å². The Morgan fingerprint density at radius 1 is 1.33 bits per heavy atom. The molecule has 4 rings (SSSR count). The number of nitrogens with one attached hydrogen (secondary N) is 1. The molecular formula is C16H14ClFN6O3. The van der Waals surface area contributed by atoms with E-state index in [-0.39, 0.29) is 30.3 Å².